The van der Waals surface area contributed by atoms with Gasteiger partial charge in [0.1, 0.15) is 5.76 Å². The van der Waals surface area contributed by atoms with Crippen LogP contribution in [0.15, 0.2) is 27.9 Å². The van der Waals surface area contributed by atoms with E-state index in [0.29, 0.717) is 18.7 Å². The van der Waals surface area contributed by atoms with Gasteiger partial charge in [-0.15, -0.1) is 0 Å². The number of furan rings is 1. The van der Waals surface area contributed by atoms with Crippen LogP contribution in [0.3, 0.4) is 0 Å². The van der Waals surface area contributed by atoms with Crippen LogP contribution >= 0.6 is 12.2 Å². The summed E-state index contributed by atoms with van der Waals surface area (Å²) in [7, 11) is 0. The molecule has 0 atom stereocenters. The number of thiocarbonyl (C=S) groups is 1. The lowest BCUT2D eigenvalue weighted by atomic mass is 10.4. The summed E-state index contributed by atoms with van der Waals surface area (Å²) in [5.74, 6) is 0.605. The molecule has 0 aliphatic heterocycles. The topological polar surface area (TPSA) is 78.5 Å². The fourth-order valence-corrected chi connectivity index (χ4v) is 1.01. The zero-order chi connectivity index (χ0) is 11.1. The molecule has 0 saturated heterocycles. The fourth-order valence-electron chi connectivity index (χ4n) is 0.872. The van der Waals surface area contributed by atoms with Crippen molar-refractivity contribution >= 4 is 23.5 Å². The first-order valence-electron chi connectivity index (χ1n) is 4.25. The largest absolute Gasteiger partial charge is 0.463 e. The zero-order valence-corrected chi connectivity index (χ0v) is 8.78. The van der Waals surface area contributed by atoms with Crippen molar-refractivity contribution in [1.29, 1.82) is 5.26 Å². The van der Waals surface area contributed by atoms with Gasteiger partial charge in [0.25, 0.3) is 0 Å². The fraction of sp³-hybridized carbons (Fsp3) is 0.222. The van der Waals surface area contributed by atoms with E-state index in [1.165, 1.54) is 11.2 Å². The predicted molar refractivity (Wildman–Crippen MR) is 60.0 cm³/mol. The van der Waals surface area contributed by atoms with Crippen molar-refractivity contribution in [2.45, 2.75) is 6.42 Å². The smallest absolute Gasteiger partial charge is 0.187 e. The molecule has 0 radical (unpaired) electrons. The van der Waals surface area contributed by atoms with E-state index < -0.39 is 0 Å². The molecular weight excluding hydrogens is 212 g/mol. The Bertz CT molecular complexity index is 379. The second-order valence-electron chi connectivity index (χ2n) is 2.63. The minimum absolute atomic E-state index is 0.132. The quantitative estimate of drug-likeness (QED) is 0.468. The van der Waals surface area contributed by atoms with Gasteiger partial charge >= 0.3 is 0 Å². The second-order valence-corrected chi connectivity index (χ2v) is 3.05. The molecule has 0 saturated carbocycles. The molecule has 0 amide bonds. The van der Waals surface area contributed by atoms with Crippen molar-refractivity contribution in [2.75, 3.05) is 6.54 Å². The maximum absolute atomic E-state index is 8.42. The Hall–Kier alpha value is -1.87. The van der Waals surface area contributed by atoms with Crippen LogP contribution in [0.5, 0.6) is 0 Å². The maximum Gasteiger partial charge on any atom is 0.187 e. The van der Waals surface area contributed by atoms with E-state index in [4.69, 9.17) is 27.6 Å². The average molecular weight is 222 g/mol. The Morgan fingerprint density at radius 3 is 3.13 bits per heavy atom. The van der Waals surface area contributed by atoms with Gasteiger partial charge in [0.2, 0.25) is 0 Å². The average Bonchev–Trinajstić information content (AvgIpc) is 2.70. The minimum Gasteiger partial charge on any atom is -0.463 e. The Morgan fingerprint density at radius 1 is 1.80 bits per heavy atom. The normalized spacial score (nSPS) is 10.1. The summed E-state index contributed by atoms with van der Waals surface area (Å²) >= 11 is 4.78. The van der Waals surface area contributed by atoms with Gasteiger partial charge in [-0.1, -0.05) is 0 Å². The van der Waals surface area contributed by atoms with Gasteiger partial charge in [-0.05, 0) is 24.4 Å². The lowest BCUT2D eigenvalue weighted by Crippen LogP contribution is -2.31. The van der Waals surface area contributed by atoms with Gasteiger partial charge in [0.05, 0.1) is 31.5 Å². The van der Waals surface area contributed by atoms with Crippen molar-refractivity contribution in [3.05, 3.63) is 24.2 Å². The van der Waals surface area contributed by atoms with Crippen LogP contribution in [0.4, 0.5) is 0 Å². The molecule has 0 spiro atoms. The Morgan fingerprint density at radius 2 is 2.60 bits per heavy atom. The summed E-state index contributed by atoms with van der Waals surface area (Å²) < 4.78 is 5.04. The van der Waals surface area contributed by atoms with Crippen molar-refractivity contribution < 1.29 is 4.42 Å². The van der Waals surface area contributed by atoms with Crippen LogP contribution in [0.2, 0.25) is 0 Å². The number of rotatable bonds is 4. The van der Waals surface area contributed by atoms with Gasteiger partial charge in [-0.25, -0.2) is 5.01 Å². The molecule has 15 heavy (non-hydrogen) atoms. The molecule has 0 aliphatic carbocycles. The molecule has 6 heteroatoms. The number of nitrogens with two attached hydrogens (primary N) is 1. The molecule has 1 rings (SSSR count). The molecule has 0 fully saturated rings. The summed E-state index contributed by atoms with van der Waals surface area (Å²) in [6.07, 6.45) is 3.35. The van der Waals surface area contributed by atoms with Crippen LogP contribution in [-0.2, 0) is 0 Å². The molecule has 1 aromatic heterocycles. The van der Waals surface area contributed by atoms with E-state index in [1.54, 1.807) is 18.4 Å². The van der Waals surface area contributed by atoms with Gasteiger partial charge in [0.15, 0.2) is 5.11 Å². The van der Waals surface area contributed by atoms with Crippen molar-refractivity contribution in [1.82, 2.24) is 5.01 Å². The molecule has 0 aromatic carbocycles. The Kier molecular flexibility index (Phi) is 4.31. The first-order valence-corrected chi connectivity index (χ1v) is 4.66. The molecular formula is C9H10N4OS. The number of nitrogens with zero attached hydrogens (tertiary/aromatic N) is 3. The Labute approximate surface area is 92.8 Å². The molecule has 0 aliphatic rings. The first kappa shape index (κ1) is 11.2. The molecule has 2 N–H and O–H groups in total. The van der Waals surface area contributed by atoms with Crippen molar-refractivity contribution in [3.8, 4) is 6.07 Å². The lowest BCUT2D eigenvalue weighted by Gasteiger charge is -2.13. The summed E-state index contributed by atoms with van der Waals surface area (Å²) in [4.78, 5) is 0. The van der Waals surface area contributed by atoms with Crippen LogP contribution < -0.4 is 5.73 Å². The SMILES string of the molecule is N#CCCN(/N=C/c1ccco1)C(N)=S. The highest BCUT2D eigenvalue weighted by Crippen LogP contribution is 1.98. The summed E-state index contributed by atoms with van der Waals surface area (Å²) in [6, 6.07) is 5.50. The number of hydrazone groups is 1. The van der Waals surface area contributed by atoms with E-state index in [0.717, 1.165) is 0 Å². The monoisotopic (exact) mass is 222 g/mol. The number of nitriles is 1. The predicted octanol–water partition coefficient (Wildman–Crippen LogP) is 1.07. The van der Waals surface area contributed by atoms with Crippen molar-refractivity contribution in [2.24, 2.45) is 10.8 Å². The van der Waals surface area contributed by atoms with Gasteiger partial charge < -0.3 is 10.2 Å². The highest BCUT2D eigenvalue weighted by atomic mass is 32.1. The standard InChI is InChI=1S/C9H10N4OS/c10-4-2-5-13(9(11)15)12-7-8-3-1-6-14-8/h1,3,6-7H,2,5H2,(H2,11,15)/b12-7+. The van der Waals surface area contributed by atoms with Crippen LogP contribution in [0.1, 0.15) is 12.2 Å². The Balaban J connectivity index is 2.59. The third-order valence-corrected chi connectivity index (χ3v) is 1.77. The molecule has 0 unspecified atom stereocenters. The van der Waals surface area contributed by atoms with Gasteiger partial charge in [-0.2, -0.15) is 10.4 Å². The number of hydrogen-bond acceptors (Lipinski definition) is 4. The molecule has 5 nitrogen and oxygen atoms in total. The van der Waals surface area contributed by atoms with Gasteiger partial charge in [-0.3, -0.25) is 0 Å². The first-order chi connectivity index (χ1) is 7.24. The van der Waals surface area contributed by atoms with E-state index in [-0.39, 0.29) is 5.11 Å². The second kappa shape index (κ2) is 5.78. The molecule has 1 aromatic rings. The highest BCUT2D eigenvalue weighted by Gasteiger charge is 2.02. The van der Waals surface area contributed by atoms with E-state index in [1.807, 2.05) is 6.07 Å². The lowest BCUT2D eigenvalue weighted by molar-refractivity contribution is 0.458. The maximum atomic E-state index is 8.42. The zero-order valence-electron chi connectivity index (χ0n) is 7.96. The van der Waals surface area contributed by atoms with Gasteiger partial charge in [0, 0.05) is 0 Å². The van der Waals surface area contributed by atoms with Crippen LogP contribution in [-0.4, -0.2) is 22.9 Å². The molecule has 0 bridgehead atoms. The number of hydrogen-bond donors (Lipinski definition) is 1. The summed E-state index contributed by atoms with van der Waals surface area (Å²) in [6.45, 7) is 0.378. The molecule has 78 valence electrons. The third-order valence-electron chi connectivity index (χ3n) is 1.56. The highest BCUT2D eigenvalue weighted by molar-refractivity contribution is 7.80. The van der Waals surface area contributed by atoms with Crippen LogP contribution in [0, 0.1) is 11.3 Å². The third kappa shape index (κ3) is 3.79. The molecule has 1 heterocycles. The van der Waals surface area contributed by atoms with E-state index >= 15 is 0 Å². The van der Waals surface area contributed by atoms with Crippen molar-refractivity contribution in [3.63, 3.8) is 0 Å². The summed E-state index contributed by atoms with van der Waals surface area (Å²) in [5, 5.41) is 13.9. The summed E-state index contributed by atoms with van der Waals surface area (Å²) in [5.41, 5.74) is 5.42. The van der Waals surface area contributed by atoms with Crippen LogP contribution in [0.25, 0.3) is 0 Å². The van der Waals surface area contributed by atoms with E-state index in [9.17, 15) is 0 Å². The van der Waals surface area contributed by atoms with E-state index in [2.05, 4.69) is 5.10 Å². The minimum atomic E-state index is 0.132.